The zero-order valence-electron chi connectivity index (χ0n) is 14.8. The number of nitrogens with zero attached hydrogens (tertiary/aromatic N) is 1. The molecule has 0 N–H and O–H groups in total. The van der Waals surface area contributed by atoms with Crippen molar-refractivity contribution in [3.8, 4) is 17.4 Å². The van der Waals surface area contributed by atoms with E-state index in [0.29, 0.717) is 11.9 Å². The summed E-state index contributed by atoms with van der Waals surface area (Å²) < 4.78 is 53.8. The maximum absolute atomic E-state index is 12.6. The lowest BCUT2D eigenvalue weighted by Gasteiger charge is -2.14. The molecule has 0 aliphatic heterocycles. The molecule has 0 saturated carbocycles. The van der Waals surface area contributed by atoms with Crippen molar-refractivity contribution in [1.82, 2.24) is 4.98 Å². The van der Waals surface area contributed by atoms with E-state index in [9.17, 15) is 22.8 Å². The molecular weight excluding hydrogens is 530 g/mol. The SMILES string of the molecule is CC(Oc1ccc(Oc2ncc(C(F)(F)F)cc2Cl)cc1)C(=O)OCC(=O)CI. The average Bonchev–Trinajstić information content (AvgIpc) is 2.67. The first-order valence-corrected chi connectivity index (χ1v) is 9.92. The number of hydrogen-bond acceptors (Lipinski definition) is 6. The molecule has 0 fully saturated rings. The van der Waals surface area contributed by atoms with Gasteiger partial charge >= 0.3 is 12.1 Å². The number of hydrogen-bond donors (Lipinski definition) is 0. The predicted molar refractivity (Wildman–Crippen MR) is 106 cm³/mol. The largest absolute Gasteiger partial charge is 0.479 e. The number of alkyl halides is 4. The number of carbonyl (C=O) groups is 2. The number of Topliss-reactive ketones (excluding diaryl/α,β-unsaturated/α-hetero) is 1. The van der Waals surface area contributed by atoms with Crippen LogP contribution in [0.4, 0.5) is 13.2 Å². The van der Waals surface area contributed by atoms with Gasteiger partial charge in [0.25, 0.3) is 0 Å². The van der Waals surface area contributed by atoms with Gasteiger partial charge in [-0.05, 0) is 37.3 Å². The van der Waals surface area contributed by atoms with Crippen molar-refractivity contribution in [2.75, 3.05) is 11.0 Å². The van der Waals surface area contributed by atoms with Crippen molar-refractivity contribution in [3.05, 3.63) is 47.1 Å². The van der Waals surface area contributed by atoms with Crippen LogP contribution in [0.15, 0.2) is 36.5 Å². The molecule has 2 aromatic rings. The van der Waals surface area contributed by atoms with Gasteiger partial charge in [-0.15, -0.1) is 0 Å². The third-order valence-electron chi connectivity index (χ3n) is 3.34. The Labute approximate surface area is 182 Å². The van der Waals surface area contributed by atoms with E-state index in [4.69, 9.17) is 25.8 Å². The Bertz CT molecular complexity index is 877. The smallest absolute Gasteiger partial charge is 0.417 e. The van der Waals surface area contributed by atoms with Crippen LogP contribution in [0.25, 0.3) is 0 Å². The Hall–Kier alpha value is -2.08. The van der Waals surface area contributed by atoms with Crippen LogP contribution in [0.3, 0.4) is 0 Å². The second kappa shape index (κ2) is 10.1. The second-order valence-electron chi connectivity index (χ2n) is 5.62. The lowest BCUT2D eigenvalue weighted by molar-refractivity contribution is -0.153. The van der Waals surface area contributed by atoms with Crippen molar-refractivity contribution in [1.29, 1.82) is 0 Å². The van der Waals surface area contributed by atoms with Gasteiger partial charge in [-0.25, -0.2) is 9.78 Å². The minimum absolute atomic E-state index is 0.190. The first-order valence-electron chi connectivity index (χ1n) is 8.01. The fourth-order valence-electron chi connectivity index (χ4n) is 1.91. The molecule has 0 bridgehead atoms. The number of pyridine rings is 1. The maximum Gasteiger partial charge on any atom is 0.417 e. The van der Waals surface area contributed by atoms with Gasteiger partial charge < -0.3 is 14.2 Å². The van der Waals surface area contributed by atoms with Gasteiger partial charge in [-0.3, -0.25) is 4.79 Å². The standard InChI is InChI=1S/C18H14ClF3INO5/c1-10(17(26)27-9-12(25)7-23)28-13-2-4-14(5-3-13)29-16-15(19)6-11(8-24-16)18(20,21)22/h2-6,8,10H,7,9H2,1H3. The molecule has 0 saturated heterocycles. The molecule has 0 amide bonds. The number of ether oxygens (including phenoxy) is 3. The summed E-state index contributed by atoms with van der Waals surface area (Å²) in [6, 6.07) is 6.60. The Kier molecular flexibility index (Phi) is 8.08. The highest BCUT2D eigenvalue weighted by atomic mass is 127. The zero-order valence-corrected chi connectivity index (χ0v) is 17.7. The van der Waals surface area contributed by atoms with Gasteiger partial charge in [0.05, 0.1) is 9.99 Å². The van der Waals surface area contributed by atoms with Crippen molar-refractivity contribution in [3.63, 3.8) is 0 Å². The zero-order chi connectivity index (χ0) is 21.6. The number of rotatable bonds is 8. The van der Waals surface area contributed by atoms with Crippen molar-refractivity contribution < 1.29 is 37.0 Å². The van der Waals surface area contributed by atoms with E-state index in [2.05, 4.69) is 4.98 Å². The Balaban J connectivity index is 1.96. The molecule has 6 nitrogen and oxygen atoms in total. The number of aromatic nitrogens is 1. The summed E-state index contributed by atoms with van der Waals surface area (Å²) in [6.07, 6.45) is -4.89. The Morgan fingerprint density at radius 1 is 1.21 bits per heavy atom. The molecule has 11 heteroatoms. The van der Waals surface area contributed by atoms with E-state index >= 15 is 0 Å². The van der Waals surface area contributed by atoms with Crippen molar-refractivity contribution in [2.45, 2.75) is 19.2 Å². The van der Waals surface area contributed by atoms with Crippen LogP contribution in [0.5, 0.6) is 17.4 Å². The summed E-state index contributed by atoms with van der Waals surface area (Å²) in [6.45, 7) is 1.15. The second-order valence-corrected chi connectivity index (χ2v) is 6.79. The van der Waals surface area contributed by atoms with Gasteiger partial charge in [0.2, 0.25) is 5.88 Å². The fourth-order valence-corrected chi connectivity index (χ4v) is 2.34. The third kappa shape index (κ3) is 7.03. The van der Waals surface area contributed by atoms with E-state index in [0.717, 1.165) is 6.07 Å². The number of esters is 1. The molecular formula is C18H14ClF3INO5. The lowest BCUT2D eigenvalue weighted by Crippen LogP contribution is -2.28. The van der Waals surface area contributed by atoms with E-state index < -0.39 is 23.8 Å². The van der Waals surface area contributed by atoms with Gasteiger partial charge in [-0.1, -0.05) is 34.2 Å². The lowest BCUT2D eigenvalue weighted by atomic mass is 10.3. The minimum atomic E-state index is -4.56. The highest BCUT2D eigenvalue weighted by Gasteiger charge is 2.31. The van der Waals surface area contributed by atoms with Gasteiger partial charge in [-0.2, -0.15) is 13.2 Å². The van der Waals surface area contributed by atoms with Gasteiger partial charge in [0, 0.05) is 6.20 Å². The van der Waals surface area contributed by atoms with E-state index in [1.54, 1.807) is 0 Å². The monoisotopic (exact) mass is 543 g/mol. The number of benzene rings is 1. The summed E-state index contributed by atoms with van der Waals surface area (Å²) >= 11 is 7.66. The van der Waals surface area contributed by atoms with Crippen LogP contribution in [0, 0.1) is 0 Å². The molecule has 1 unspecified atom stereocenters. The summed E-state index contributed by atoms with van der Waals surface area (Å²) in [5.41, 5.74) is -0.986. The summed E-state index contributed by atoms with van der Waals surface area (Å²) in [5.74, 6) is -0.541. The van der Waals surface area contributed by atoms with Crippen molar-refractivity contribution in [2.24, 2.45) is 0 Å². The first kappa shape index (κ1) is 23.2. The molecule has 0 aliphatic carbocycles. The summed E-state index contributed by atoms with van der Waals surface area (Å²) in [5, 5.41) is -0.294. The quantitative estimate of drug-likeness (QED) is 0.269. The Morgan fingerprint density at radius 3 is 2.38 bits per heavy atom. The van der Waals surface area contributed by atoms with Crippen molar-refractivity contribution >= 4 is 45.9 Å². The molecule has 156 valence electrons. The van der Waals surface area contributed by atoms with Crippen LogP contribution in [0.2, 0.25) is 5.02 Å². The number of ketones is 1. The average molecular weight is 544 g/mol. The highest BCUT2D eigenvalue weighted by Crippen LogP contribution is 2.34. The van der Waals surface area contributed by atoms with Crippen LogP contribution >= 0.6 is 34.2 Å². The fraction of sp³-hybridized carbons (Fsp3) is 0.278. The molecule has 0 spiro atoms. The molecule has 0 radical (unpaired) electrons. The molecule has 1 heterocycles. The molecule has 1 aromatic carbocycles. The normalized spacial score (nSPS) is 12.2. The molecule has 2 rings (SSSR count). The van der Waals surface area contributed by atoms with Crippen LogP contribution < -0.4 is 9.47 Å². The summed E-state index contributed by atoms with van der Waals surface area (Å²) in [7, 11) is 0. The highest BCUT2D eigenvalue weighted by molar-refractivity contribution is 14.1. The van der Waals surface area contributed by atoms with E-state index in [-0.39, 0.29) is 33.5 Å². The van der Waals surface area contributed by atoms with Crippen LogP contribution in [0.1, 0.15) is 12.5 Å². The topological polar surface area (TPSA) is 74.7 Å². The predicted octanol–water partition coefficient (Wildman–Crippen LogP) is 4.86. The summed E-state index contributed by atoms with van der Waals surface area (Å²) in [4.78, 5) is 26.5. The van der Waals surface area contributed by atoms with Crippen LogP contribution in [-0.2, 0) is 20.5 Å². The van der Waals surface area contributed by atoms with Gasteiger partial charge in [0.15, 0.2) is 18.5 Å². The van der Waals surface area contributed by atoms with E-state index in [1.807, 2.05) is 22.6 Å². The van der Waals surface area contributed by atoms with Gasteiger partial charge in [0.1, 0.15) is 16.5 Å². The Morgan fingerprint density at radius 2 is 1.83 bits per heavy atom. The number of carbonyl (C=O) groups excluding carboxylic acids is 2. The van der Waals surface area contributed by atoms with E-state index in [1.165, 1.54) is 31.2 Å². The number of halogens is 5. The van der Waals surface area contributed by atoms with Crippen LogP contribution in [-0.4, -0.2) is 33.9 Å². The molecule has 1 aromatic heterocycles. The molecule has 29 heavy (non-hydrogen) atoms. The molecule has 0 aliphatic rings. The third-order valence-corrected chi connectivity index (χ3v) is 4.46. The molecule has 1 atom stereocenters. The minimum Gasteiger partial charge on any atom is -0.479 e. The first-order chi connectivity index (χ1) is 13.6. The maximum atomic E-state index is 12.6.